The number of rotatable bonds is 6. The summed E-state index contributed by atoms with van der Waals surface area (Å²) in [5.41, 5.74) is 1.14. The topological polar surface area (TPSA) is 29.5 Å². The second-order valence-corrected chi connectivity index (χ2v) is 5.44. The largest absolute Gasteiger partial charge is 0.396 e. The van der Waals surface area contributed by atoms with Gasteiger partial charge in [-0.05, 0) is 43.4 Å². The van der Waals surface area contributed by atoms with E-state index in [1.54, 1.807) is 0 Å². The molecular weight excluding hydrogens is 248 g/mol. The van der Waals surface area contributed by atoms with Gasteiger partial charge in [0.2, 0.25) is 0 Å². The molecule has 2 unspecified atom stereocenters. The summed E-state index contributed by atoms with van der Waals surface area (Å²) >= 11 is 5.98. The van der Waals surface area contributed by atoms with Crippen LogP contribution in [0.1, 0.15) is 43.6 Å². The van der Waals surface area contributed by atoms with Gasteiger partial charge >= 0.3 is 0 Å². The highest BCUT2D eigenvalue weighted by Gasteiger charge is 2.16. The monoisotopic (exact) mass is 268 g/mol. The summed E-state index contributed by atoms with van der Waals surface area (Å²) in [5.74, 6) is 0.199. The van der Waals surface area contributed by atoms with Gasteiger partial charge in [0, 0.05) is 24.2 Å². The van der Waals surface area contributed by atoms with Gasteiger partial charge < -0.3 is 9.84 Å². The van der Waals surface area contributed by atoms with Crippen molar-refractivity contribution in [3.8, 4) is 0 Å². The van der Waals surface area contributed by atoms with E-state index in [-0.39, 0.29) is 12.5 Å². The van der Waals surface area contributed by atoms with Crippen molar-refractivity contribution in [3.63, 3.8) is 0 Å². The average molecular weight is 269 g/mol. The van der Waals surface area contributed by atoms with Crippen molar-refractivity contribution in [2.24, 2.45) is 0 Å². The van der Waals surface area contributed by atoms with E-state index in [4.69, 9.17) is 16.3 Å². The van der Waals surface area contributed by atoms with Crippen LogP contribution in [0.15, 0.2) is 24.3 Å². The van der Waals surface area contributed by atoms with Crippen LogP contribution in [0.4, 0.5) is 0 Å². The first-order valence-electron chi connectivity index (χ1n) is 6.77. The number of aliphatic hydroxyl groups is 1. The van der Waals surface area contributed by atoms with E-state index in [1.807, 2.05) is 24.3 Å². The van der Waals surface area contributed by atoms with Crippen LogP contribution in [0.5, 0.6) is 0 Å². The third kappa shape index (κ3) is 3.98. The molecule has 0 bridgehead atoms. The lowest BCUT2D eigenvalue weighted by Gasteiger charge is -2.16. The van der Waals surface area contributed by atoms with Crippen molar-refractivity contribution in [2.45, 2.75) is 44.1 Å². The standard InChI is InChI=1S/C15H21ClO2/c16-14-6-1-4-12(10-14)13(11-17)5-2-7-15-8-3-9-18-15/h1,4,6,10,13,15,17H,2-3,5,7-9,11H2. The highest BCUT2D eigenvalue weighted by Crippen LogP contribution is 2.26. The fourth-order valence-electron chi connectivity index (χ4n) is 2.59. The van der Waals surface area contributed by atoms with Crippen LogP contribution in [-0.2, 0) is 4.74 Å². The molecule has 100 valence electrons. The fraction of sp³-hybridized carbons (Fsp3) is 0.600. The first-order chi connectivity index (χ1) is 8.79. The van der Waals surface area contributed by atoms with Crippen molar-refractivity contribution < 1.29 is 9.84 Å². The van der Waals surface area contributed by atoms with E-state index in [1.165, 1.54) is 12.8 Å². The van der Waals surface area contributed by atoms with Gasteiger partial charge in [-0.2, -0.15) is 0 Å². The number of hydrogen-bond acceptors (Lipinski definition) is 2. The molecule has 0 saturated carbocycles. The highest BCUT2D eigenvalue weighted by atomic mass is 35.5. The summed E-state index contributed by atoms with van der Waals surface area (Å²) in [4.78, 5) is 0. The van der Waals surface area contributed by atoms with Gasteiger partial charge in [-0.1, -0.05) is 30.2 Å². The van der Waals surface area contributed by atoms with Gasteiger partial charge in [-0.3, -0.25) is 0 Å². The Morgan fingerprint density at radius 3 is 3.00 bits per heavy atom. The van der Waals surface area contributed by atoms with E-state index < -0.39 is 0 Å². The lowest BCUT2D eigenvalue weighted by molar-refractivity contribution is 0.101. The summed E-state index contributed by atoms with van der Waals surface area (Å²) in [6, 6.07) is 7.81. The van der Waals surface area contributed by atoms with Crippen LogP contribution >= 0.6 is 11.6 Å². The Morgan fingerprint density at radius 1 is 1.44 bits per heavy atom. The Bertz CT molecular complexity index is 361. The molecule has 0 aromatic heterocycles. The predicted molar refractivity (Wildman–Crippen MR) is 74.1 cm³/mol. The lowest BCUT2D eigenvalue weighted by Crippen LogP contribution is -2.08. The fourth-order valence-corrected chi connectivity index (χ4v) is 2.79. The molecule has 1 aromatic carbocycles. The van der Waals surface area contributed by atoms with Crippen molar-refractivity contribution in [1.29, 1.82) is 0 Å². The molecule has 0 spiro atoms. The molecule has 2 rings (SSSR count). The molecule has 1 aromatic rings. The molecule has 18 heavy (non-hydrogen) atoms. The van der Waals surface area contributed by atoms with Crippen LogP contribution in [-0.4, -0.2) is 24.4 Å². The molecule has 1 N–H and O–H groups in total. The van der Waals surface area contributed by atoms with Crippen molar-refractivity contribution in [3.05, 3.63) is 34.9 Å². The molecule has 2 nitrogen and oxygen atoms in total. The molecule has 1 heterocycles. The molecular formula is C15H21ClO2. The Balaban J connectivity index is 1.81. The van der Waals surface area contributed by atoms with Gasteiger partial charge in [0.1, 0.15) is 0 Å². The molecule has 1 aliphatic heterocycles. The minimum Gasteiger partial charge on any atom is -0.396 e. The average Bonchev–Trinajstić information content (AvgIpc) is 2.88. The second-order valence-electron chi connectivity index (χ2n) is 5.00. The van der Waals surface area contributed by atoms with E-state index in [2.05, 4.69) is 0 Å². The Hall–Kier alpha value is -0.570. The zero-order chi connectivity index (χ0) is 12.8. The normalized spacial score (nSPS) is 21.1. The van der Waals surface area contributed by atoms with Gasteiger partial charge in [0.15, 0.2) is 0 Å². The minimum absolute atomic E-state index is 0.186. The number of halogens is 1. The van der Waals surface area contributed by atoms with Crippen molar-refractivity contribution in [1.82, 2.24) is 0 Å². The third-order valence-electron chi connectivity index (χ3n) is 3.64. The summed E-state index contributed by atoms with van der Waals surface area (Å²) in [6.45, 7) is 1.11. The summed E-state index contributed by atoms with van der Waals surface area (Å²) < 4.78 is 5.61. The lowest BCUT2D eigenvalue weighted by atomic mass is 9.93. The van der Waals surface area contributed by atoms with E-state index in [9.17, 15) is 5.11 Å². The predicted octanol–water partition coefficient (Wildman–Crippen LogP) is 3.77. The first-order valence-corrected chi connectivity index (χ1v) is 7.15. The van der Waals surface area contributed by atoms with E-state index >= 15 is 0 Å². The maximum atomic E-state index is 9.49. The molecule has 0 radical (unpaired) electrons. The zero-order valence-corrected chi connectivity index (χ0v) is 11.4. The smallest absolute Gasteiger partial charge is 0.0576 e. The van der Waals surface area contributed by atoms with E-state index in [0.717, 1.165) is 36.5 Å². The van der Waals surface area contributed by atoms with Gasteiger partial charge in [0.05, 0.1) is 6.10 Å². The molecule has 1 aliphatic rings. The number of benzene rings is 1. The van der Waals surface area contributed by atoms with Gasteiger partial charge in [-0.15, -0.1) is 0 Å². The SMILES string of the molecule is OCC(CCCC1CCCO1)c1cccc(Cl)c1. The van der Waals surface area contributed by atoms with Crippen LogP contribution in [0.3, 0.4) is 0 Å². The highest BCUT2D eigenvalue weighted by molar-refractivity contribution is 6.30. The summed E-state index contributed by atoms with van der Waals surface area (Å²) in [5, 5.41) is 10.2. The minimum atomic E-state index is 0.186. The van der Waals surface area contributed by atoms with Crippen molar-refractivity contribution in [2.75, 3.05) is 13.2 Å². The zero-order valence-electron chi connectivity index (χ0n) is 10.6. The van der Waals surface area contributed by atoms with Crippen LogP contribution < -0.4 is 0 Å². The van der Waals surface area contributed by atoms with Gasteiger partial charge in [0.25, 0.3) is 0 Å². The Kier molecular flexibility index (Phi) is 5.48. The van der Waals surface area contributed by atoms with Crippen LogP contribution in [0.25, 0.3) is 0 Å². The maximum Gasteiger partial charge on any atom is 0.0576 e. The molecule has 3 heteroatoms. The van der Waals surface area contributed by atoms with Crippen LogP contribution in [0.2, 0.25) is 5.02 Å². The maximum absolute atomic E-state index is 9.49. The third-order valence-corrected chi connectivity index (χ3v) is 3.88. The number of aliphatic hydroxyl groups excluding tert-OH is 1. The molecule has 2 atom stereocenters. The quantitative estimate of drug-likeness (QED) is 0.851. The molecule has 1 saturated heterocycles. The van der Waals surface area contributed by atoms with Crippen LogP contribution in [0, 0.1) is 0 Å². The van der Waals surface area contributed by atoms with Crippen molar-refractivity contribution >= 4 is 11.6 Å². The Morgan fingerprint density at radius 2 is 2.33 bits per heavy atom. The summed E-state index contributed by atoms with van der Waals surface area (Å²) in [6.07, 6.45) is 6.04. The molecule has 1 fully saturated rings. The van der Waals surface area contributed by atoms with E-state index in [0.29, 0.717) is 6.10 Å². The Labute approximate surface area is 114 Å². The molecule has 0 amide bonds. The summed E-state index contributed by atoms with van der Waals surface area (Å²) in [7, 11) is 0. The molecule has 0 aliphatic carbocycles. The van der Waals surface area contributed by atoms with Gasteiger partial charge in [-0.25, -0.2) is 0 Å². The first kappa shape index (κ1) is 13.9. The second kappa shape index (κ2) is 7.13. The number of ether oxygens (including phenoxy) is 1. The number of hydrogen-bond donors (Lipinski definition) is 1.